The first-order chi connectivity index (χ1) is 17.4. The number of carbonyl (C=O) groups is 4. The lowest BCUT2D eigenvalue weighted by Crippen LogP contribution is -2.53. The number of carbonyl (C=O) groups excluding carboxylic acids is 4. The number of allylic oxidation sites excluding steroid dienone is 1. The molecule has 2 heterocycles. The molecule has 0 radical (unpaired) electrons. The van der Waals surface area contributed by atoms with E-state index < -0.39 is 23.3 Å². The molecule has 1 unspecified atom stereocenters. The molecule has 3 N–H and O–H groups in total. The molecule has 2 aromatic carbocycles. The van der Waals surface area contributed by atoms with Gasteiger partial charge in [-0.15, -0.1) is 0 Å². The fraction of sp³-hybridized carbons (Fsp3) is 0.259. The molecule has 1 atom stereocenters. The van der Waals surface area contributed by atoms with Crippen LogP contribution in [0.5, 0.6) is 0 Å². The minimum Gasteiger partial charge on any atom is -0.466 e. The number of hydrogen-bond donors (Lipinski definition) is 2. The monoisotopic (exact) mass is 487 g/mol. The second-order valence-electron chi connectivity index (χ2n) is 8.70. The van der Waals surface area contributed by atoms with Crippen molar-refractivity contribution in [2.45, 2.75) is 31.6 Å². The molecule has 0 saturated heterocycles. The van der Waals surface area contributed by atoms with Crippen LogP contribution in [0.2, 0.25) is 0 Å². The Kier molecular flexibility index (Phi) is 5.62. The molecule has 0 bridgehead atoms. The van der Waals surface area contributed by atoms with Gasteiger partial charge in [-0.05, 0) is 50.1 Å². The van der Waals surface area contributed by atoms with Crippen molar-refractivity contribution < 1.29 is 28.7 Å². The van der Waals surface area contributed by atoms with Gasteiger partial charge in [0.15, 0.2) is 5.78 Å². The number of nitrogens with one attached hydrogen (secondary N) is 1. The van der Waals surface area contributed by atoms with Crippen LogP contribution in [0.15, 0.2) is 71.2 Å². The number of anilines is 2. The van der Waals surface area contributed by atoms with Gasteiger partial charge in [0.2, 0.25) is 5.91 Å². The minimum atomic E-state index is -1.72. The molecule has 2 aliphatic heterocycles. The second-order valence-corrected chi connectivity index (χ2v) is 8.70. The Morgan fingerprint density at radius 3 is 2.47 bits per heavy atom. The molecular weight excluding hydrogens is 462 g/mol. The summed E-state index contributed by atoms with van der Waals surface area (Å²) in [5.41, 5.74) is 7.50. The van der Waals surface area contributed by atoms with E-state index in [1.807, 2.05) is 0 Å². The van der Waals surface area contributed by atoms with E-state index in [0.29, 0.717) is 41.0 Å². The summed E-state index contributed by atoms with van der Waals surface area (Å²) < 4.78 is 10.2. The number of Topliss-reactive ketones (excluding diaryl/α,β-unsaturated/α-hetero) is 1. The highest BCUT2D eigenvalue weighted by molar-refractivity contribution is 6.23. The van der Waals surface area contributed by atoms with E-state index in [2.05, 4.69) is 5.32 Å². The molecular formula is C27H25N3O6. The van der Waals surface area contributed by atoms with Crippen LogP contribution in [0, 0.1) is 0 Å². The van der Waals surface area contributed by atoms with E-state index in [1.54, 1.807) is 60.4 Å². The third-order valence-corrected chi connectivity index (χ3v) is 6.85. The minimum absolute atomic E-state index is 0.00830. The zero-order valence-electron chi connectivity index (χ0n) is 19.9. The van der Waals surface area contributed by atoms with Crippen LogP contribution in [0.4, 0.5) is 11.4 Å². The quantitative estimate of drug-likeness (QED) is 0.630. The van der Waals surface area contributed by atoms with Crippen molar-refractivity contribution in [3.05, 3.63) is 82.3 Å². The summed E-state index contributed by atoms with van der Waals surface area (Å²) in [6.45, 7) is 1.97. The number of rotatable bonds is 4. The van der Waals surface area contributed by atoms with Crippen LogP contribution >= 0.6 is 0 Å². The number of esters is 2. The first-order valence-corrected chi connectivity index (χ1v) is 11.7. The van der Waals surface area contributed by atoms with Crippen molar-refractivity contribution in [3.8, 4) is 0 Å². The normalized spacial score (nSPS) is 20.8. The van der Waals surface area contributed by atoms with E-state index in [-0.39, 0.29) is 35.8 Å². The van der Waals surface area contributed by atoms with Crippen LogP contribution in [0.25, 0.3) is 0 Å². The molecule has 1 amide bonds. The van der Waals surface area contributed by atoms with Gasteiger partial charge in [0, 0.05) is 34.6 Å². The lowest BCUT2D eigenvalue weighted by Gasteiger charge is -2.44. The highest BCUT2D eigenvalue weighted by Crippen LogP contribution is 2.55. The van der Waals surface area contributed by atoms with E-state index in [4.69, 9.17) is 15.2 Å². The van der Waals surface area contributed by atoms with Crippen LogP contribution in [0.1, 0.15) is 42.1 Å². The molecule has 9 heteroatoms. The van der Waals surface area contributed by atoms with Gasteiger partial charge in [-0.2, -0.15) is 0 Å². The van der Waals surface area contributed by atoms with Gasteiger partial charge in [0.25, 0.3) is 0 Å². The molecule has 0 saturated carbocycles. The maximum absolute atomic E-state index is 13.7. The number of hydrogen-bond acceptors (Lipinski definition) is 8. The summed E-state index contributed by atoms with van der Waals surface area (Å²) in [6, 6.07) is 13.5. The summed E-state index contributed by atoms with van der Waals surface area (Å²) >= 11 is 0. The second kappa shape index (κ2) is 8.67. The third-order valence-electron chi connectivity index (χ3n) is 6.85. The SMILES string of the molecule is CCOC(=O)c1ccc(N2C(N)=C(C(=O)OC)C3(C(=O)Nc4ccccc43)C3=C2CCCC3=O)cc1. The van der Waals surface area contributed by atoms with Crippen LogP contribution in [-0.4, -0.2) is 37.3 Å². The Morgan fingerprint density at radius 2 is 1.78 bits per heavy atom. The van der Waals surface area contributed by atoms with E-state index in [1.165, 1.54) is 7.11 Å². The van der Waals surface area contributed by atoms with Gasteiger partial charge in [-0.25, -0.2) is 9.59 Å². The number of para-hydroxylation sites is 1. The Bertz CT molecular complexity index is 1370. The largest absolute Gasteiger partial charge is 0.466 e. The summed E-state index contributed by atoms with van der Waals surface area (Å²) in [4.78, 5) is 54.4. The first kappa shape index (κ1) is 23.3. The van der Waals surface area contributed by atoms with Crippen molar-refractivity contribution in [1.29, 1.82) is 0 Å². The number of methoxy groups -OCH3 is 1. The number of ketones is 1. The van der Waals surface area contributed by atoms with Gasteiger partial charge in [0.05, 0.1) is 19.3 Å². The van der Waals surface area contributed by atoms with E-state index >= 15 is 0 Å². The molecule has 2 aromatic rings. The average molecular weight is 488 g/mol. The maximum Gasteiger partial charge on any atom is 0.339 e. The molecule has 0 fully saturated rings. The van der Waals surface area contributed by atoms with Crippen molar-refractivity contribution in [3.63, 3.8) is 0 Å². The highest BCUT2D eigenvalue weighted by Gasteiger charge is 2.61. The molecule has 0 aromatic heterocycles. The molecule has 1 spiro atoms. The number of nitrogens with zero attached hydrogens (tertiary/aromatic N) is 1. The first-order valence-electron chi connectivity index (χ1n) is 11.7. The van der Waals surface area contributed by atoms with Crippen LogP contribution < -0.4 is 16.0 Å². The number of benzene rings is 2. The van der Waals surface area contributed by atoms with Gasteiger partial charge < -0.3 is 20.5 Å². The van der Waals surface area contributed by atoms with Crippen molar-refractivity contribution in [2.75, 3.05) is 23.9 Å². The fourth-order valence-corrected chi connectivity index (χ4v) is 5.42. The number of nitrogens with two attached hydrogens (primary N) is 1. The van der Waals surface area contributed by atoms with E-state index in [0.717, 1.165) is 0 Å². The molecule has 184 valence electrons. The number of amides is 1. The van der Waals surface area contributed by atoms with Crippen molar-refractivity contribution in [1.82, 2.24) is 0 Å². The van der Waals surface area contributed by atoms with Crippen molar-refractivity contribution in [2.24, 2.45) is 5.73 Å². The molecule has 9 nitrogen and oxygen atoms in total. The molecule has 1 aliphatic carbocycles. The standard InChI is InChI=1S/C27H25N3O6/c1-3-36-24(32)15-11-13-16(14-12-15)30-19-9-6-10-20(31)21(19)27(22(23(30)28)25(33)35-2)17-7-4-5-8-18(17)29-26(27)34/h4-5,7-8,11-14H,3,6,9-10,28H2,1-2H3,(H,29,34). The number of fused-ring (bicyclic) bond motifs is 3. The topological polar surface area (TPSA) is 128 Å². The Morgan fingerprint density at radius 1 is 1.06 bits per heavy atom. The molecule has 5 rings (SSSR count). The third kappa shape index (κ3) is 3.16. The summed E-state index contributed by atoms with van der Waals surface area (Å²) in [6.07, 6.45) is 1.27. The number of ether oxygens (including phenoxy) is 2. The van der Waals surface area contributed by atoms with Crippen molar-refractivity contribution >= 4 is 35.0 Å². The Balaban J connectivity index is 1.78. The van der Waals surface area contributed by atoms with Gasteiger partial charge in [-0.3, -0.25) is 14.5 Å². The lowest BCUT2D eigenvalue weighted by atomic mass is 9.63. The van der Waals surface area contributed by atoms with Crippen LogP contribution in [0.3, 0.4) is 0 Å². The molecule has 3 aliphatic rings. The summed E-state index contributed by atoms with van der Waals surface area (Å²) in [5.74, 6) is -2.03. The average Bonchev–Trinajstić information content (AvgIpc) is 3.16. The fourth-order valence-electron chi connectivity index (χ4n) is 5.42. The van der Waals surface area contributed by atoms with Crippen LogP contribution in [-0.2, 0) is 29.3 Å². The zero-order chi connectivity index (χ0) is 25.6. The zero-order valence-corrected chi connectivity index (χ0v) is 19.9. The smallest absolute Gasteiger partial charge is 0.339 e. The lowest BCUT2D eigenvalue weighted by molar-refractivity contribution is -0.138. The van der Waals surface area contributed by atoms with E-state index in [9.17, 15) is 19.2 Å². The summed E-state index contributed by atoms with van der Waals surface area (Å²) in [5, 5.41) is 2.83. The highest BCUT2D eigenvalue weighted by atomic mass is 16.5. The Labute approximate surface area is 207 Å². The molecule has 36 heavy (non-hydrogen) atoms. The Hall–Kier alpha value is -4.40. The van der Waals surface area contributed by atoms with Gasteiger partial charge in [0.1, 0.15) is 16.8 Å². The van der Waals surface area contributed by atoms with Gasteiger partial charge in [-0.1, -0.05) is 18.2 Å². The maximum atomic E-state index is 13.7. The predicted molar refractivity (Wildman–Crippen MR) is 131 cm³/mol. The van der Waals surface area contributed by atoms with Gasteiger partial charge >= 0.3 is 11.9 Å². The summed E-state index contributed by atoms with van der Waals surface area (Å²) in [7, 11) is 1.21. The predicted octanol–water partition coefficient (Wildman–Crippen LogP) is 2.92.